The zero-order valence-corrected chi connectivity index (χ0v) is 18.5. The maximum atomic E-state index is 11.2. The predicted octanol–water partition coefficient (Wildman–Crippen LogP) is 3.32. The van der Waals surface area contributed by atoms with Crippen LogP contribution >= 0.6 is 0 Å². The number of methoxy groups -OCH3 is 1. The van der Waals surface area contributed by atoms with Crippen LogP contribution in [0.4, 0.5) is 0 Å². The zero-order valence-electron chi connectivity index (χ0n) is 18.5. The normalized spacial score (nSPS) is 38.3. The number of fused-ring (bicyclic) bond motifs is 5. The second kappa shape index (κ2) is 7.55. The summed E-state index contributed by atoms with van der Waals surface area (Å²) in [5.41, 5.74) is 3.31. The van der Waals surface area contributed by atoms with E-state index in [1.165, 1.54) is 17.5 Å². The van der Waals surface area contributed by atoms with Crippen molar-refractivity contribution >= 4 is 0 Å². The highest BCUT2D eigenvalue weighted by molar-refractivity contribution is 5.46. The maximum Gasteiger partial charge on any atom is 0.130 e. The molecule has 4 nitrogen and oxygen atoms in total. The number of piperazine rings is 1. The number of nitrogens with one attached hydrogen (secondary N) is 1. The molecule has 0 amide bonds. The number of rotatable bonds is 3. The Hall–Kier alpha value is -1.54. The molecule has 1 saturated heterocycles. The van der Waals surface area contributed by atoms with Gasteiger partial charge in [0.15, 0.2) is 0 Å². The summed E-state index contributed by atoms with van der Waals surface area (Å²) in [6.07, 6.45) is 12.1. The van der Waals surface area contributed by atoms with Crippen LogP contribution in [0, 0.1) is 29.6 Å². The van der Waals surface area contributed by atoms with Crippen LogP contribution in [0.15, 0.2) is 12.1 Å². The molecule has 0 aromatic heterocycles. The zero-order chi connectivity index (χ0) is 20.9. The average molecular weight is 409 g/mol. The van der Waals surface area contributed by atoms with Crippen molar-refractivity contribution in [1.29, 1.82) is 0 Å². The van der Waals surface area contributed by atoms with E-state index in [0.717, 1.165) is 70.6 Å². The SMILES string of the molecule is C#C[C@]1(O)CC[C@H]2[C@@H]3CCc4cc(OC)c(CN5CCNCC5)cc4[C@H]3CC[C@@]21C. The minimum Gasteiger partial charge on any atom is -0.496 e. The molecular formula is C26H36N2O2. The fourth-order valence-electron chi connectivity index (χ4n) is 7.32. The molecule has 2 N–H and O–H groups in total. The van der Waals surface area contributed by atoms with E-state index in [-0.39, 0.29) is 5.41 Å². The van der Waals surface area contributed by atoms with Gasteiger partial charge in [0.1, 0.15) is 11.4 Å². The molecule has 1 aliphatic heterocycles. The smallest absolute Gasteiger partial charge is 0.130 e. The molecular weight excluding hydrogens is 372 g/mol. The van der Waals surface area contributed by atoms with E-state index in [1.54, 1.807) is 12.7 Å². The van der Waals surface area contributed by atoms with Gasteiger partial charge < -0.3 is 15.2 Å². The van der Waals surface area contributed by atoms with Gasteiger partial charge in [0, 0.05) is 43.7 Å². The third-order valence-electron chi connectivity index (χ3n) is 9.12. The van der Waals surface area contributed by atoms with E-state index in [9.17, 15) is 5.11 Å². The van der Waals surface area contributed by atoms with Gasteiger partial charge in [-0.25, -0.2) is 0 Å². The summed E-state index contributed by atoms with van der Waals surface area (Å²) in [6.45, 7) is 7.55. The third-order valence-corrected chi connectivity index (χ3v) is 9.12. The molecule has 1 aromatic rings. The molecule has 5 rings (SSSR count). The van der Waals surface area contributed by atoms with E-state index in [4.69, 9.17) is 11.2 Å². The lowest BCUT2D eigenvalue weighted by atomic mass is 9.53. The molecule has 1 heterocycles. The van der Waals surface area contributed by atoms with Gasteiger partial charge in [-0.1, -0.05) is 18.9 Å². The molecule has 0 radical (unpaired) electrons. The maximum absolute atomic E-state index is 11.2. The number of aliphatic hydroxyl groups is 1. The topological polar surface area (TPSA) is 44.7 Å². The third kappa shape index (κ3) is 3.01. The van der Waals surface area contributed by atoms with Gasteiger partial charge in [-0.2, -0.15) is 0 Å². The molecule has 4 aliphatic rings. The molecule has 0 spiro atoms. The highest BCUT2D eigenvalue weighted by Gasteiger charge is 2.61. The molecule has 162 valence electrons. The Morgan fingerprint density at radius 3 is 2.77 bits per heavy atom. The Morgan fingerprint density at radius 1 is 1.23 bits per heavy atom. The lowest BCUT2D eigenvalue weighted by Crippen LogP contribution is -2.50. The van der Waals surface area contributed by atoms with E-state index in [0.29, 0.717) is 17.8 Å². The van der Waals surface area contributed by atoms with Crippen molar-refractivity contribution in [3.05, 3.63) is 28.8 Å². The molecule has 2 saturated carbocycles. The largest absolute Gasteiger partial charge is 0.496 e. The van der Waals surface area contributed by atoms with Gasteiger partial charge in [-0.05, 0) is 73.5 Å². The monoisotopic (exact) mass is 408 g/mol. The molecule has 3 fully saturated rings. The Balaban J connectivity index is 1.46. The van der Waals surface area contributed by atoms with Crippen LogP contribution in [-0.2, 0) is 13.0 Å². The van der Waals surface area contributed by atoms with Gasteiger partial charge in [0.05, 0.1) is 7.11 Å². The number of hydrogen-bond acceptors (Lipinski definition) is 4. The lowest BCUT2D eigenvalue weighted by Gasteiger charge is -2.52. The number of aryl methyl sites for hydroxylation is 1. The minimum atomic E-state index is -0.920. The molecule has 30 heavy (non-hydrogen) atoms. The van der Waals surface area contributed by atoms with Crippen LogP contribution in [0.1, 0.15) is 61.6 Å². The summed E-state index contributed by atoms with van der Waals surface area (Å²) in [7, 11) is 1.81. The van der Waals surface area contributed by atoms with Gasteiger partial charge in [-0.15, -0.1) is 6.42 Å². The van der Waals surface area contributed by atoms with Crippen LogP contribution in [0.2, 0.25) is 0 Å². The Labute approximate surface area is 181 Å². The number of ether oxygens (including phenoxy) is 1. The van der Waals surface area contributed by atoms with E-state index in [2.05, 4.69) is 35.2 Å². The second-order valence-electron chi connectivity index (χ2n) is 10.3. The van der Waals surface area contributed by atoms with Gasteiger partial charge in [0.2, 0.25) is 0 Å². The Kier molecular flexibility index (Phi) is 5.13. The number of hydrogen-bond donors (Lipinski definition) is 2. The van der Waals surface area contributed by atoms with Crippen molar-refractivity contribution in [1.82, 2.24) is 10.2 Å². The van der Waals surface area contributed by atoms with E-state index >= 15 is 0 Å². The van der Waals surface area contributed by atoms with Crippen LogP contribution in [0.25, 0.3) is 0 Å². The highest BCUT2D eigenvalue weighted by Crippen LogP contribution is 2.64. The molecule has 4 heteroatoms. The Bertz CT molecular complexity index is 855. The molecule has 0 unspecified atom stereocenters. The first-order valence-corrected chi connectivity index (χ1v) is 11.8. The molecule has 5 atom stereocenters. The van der Waals surface area contributed by atoms with Crippen molar-refractivity contribution in [2.75, 3.05) is 33.3 Å². The summed E-state index contributed by atoms with van der Waals surface area (Å²) >= 11 is 0. The number of terminal acetylenes is 1. The van der Waals surface area contributed by atoms with Crippen LogP contribution in [0.5, 0.6) is 5.75 Å². The first kappa shape index (κ1) is 20.4. The Morgan fingerprint density at radius 2 is 2.03 bits per heavy atom. The van der Waals surface area contributed by atoms with Gasteiger partial charge in [0.25, 0.3) is 0 Å². The van der Waals surface area contributed by atoms with Crippen molar-refractivity contribution in [2.24, 2.45) is 17.3 Å². The molecule has 0 bridgehead atoms. The highest BCUT2D eigenvalue weighted by atomic mass is 16.5. The second-order valence-corrected chi connectivity index (χ2v) is 10.3. The fourth-order valence-corrected chi connectivity index (χ4v) is 7.32. The summed E-state index contributed by atoms with van der Waals surface area (Å²) in [4.78, 5) is 2.53. The van der Waals surface area contributed by atoms with Crippen molar-refractivity contribution in [3.63, 3.8) is 0 Å². The molecule has 3 aliphatic carbocycles. The number of nitrogens with zero attached hydrogens (tertiary/aromatic N) is 1. The van der Waals surface area contributed by atoms with Gasteiger partial charge in [-0.3, -0.25) is 4.90 Å². The summed E-state index contributed by atoms with van der Waals surface area (Å²) in [5.74, 6) is 5.61. The lowest BCUT2D eigenvalue weighted by molar-refractivity contribution is -0.0647. The quantitative estimate of drug-likeness (QED) is 0.753. The first-order chi connectivity index (χ1) is 14.5. The summed E-state index contributed by atoms with van der Waals surface area (Å²) in [6, 6.07) is 4.79. The van der Waals surface area contributed by atoms with Crippen LogP contribution < -0.4 is 10.1 Å². The standard InChI is InChI=1S/C26H36N2O2/c1-4-26(29)10-8-23-21-6-5-18-16-24(30-3)19(17-28-13-11-27-12-14-28)15-22(18)20(21)7-9-25(23,26)2/h1,15-16,20-21,23,27,29H,5-14,17H2,2-3H3/t20-,21+,23-,25-,26-/m0/s1. The van der Waals surface area contributed by atoms with Crippen LogP contribution in [-0.4, -0.2) is 48.9 Å². The van der Waals surface area contributed by atoms with Gasteiger partial charge >= 0.3 is 0 Å². The van der Waals surface area contributed by atoms with E-state index < -0.39 is 5.60 Å². The summed E-state index contributed by atoms with van der Waals surface area (Å²) < 4.78 is 5.82. The average Bonchev–Trinajstić information content (AvgIpc) is 3.05. The predicted molar refractivity (Wildman–Crippen MR) is 120 cm³/mol. The fraction of sp³-hybridized carbons (Fsp3) is 0.692. The van der Waals surface area contributed by atoms with Crippen LogP contribution in [0.3, 0.4) is 0 Å². The van der Waals surface area contributed by atoms with Crippen molar-refractivity contribution in [3.8, 4) is 18.1 Å². The van der Waals surface area contributed by atoms with Crippen molar-refractivity contribution in [2.45, 2.75) is 63.5 Å². The number of benzene rings is 1. The minimum absolute atomic E-state index is 0.128. The summed E-state index contributed by atoms with van der Waals surface area (Å²) in [5, 5.41) is 14.6. The first-order valence-electron chi connectivity index (χ1n) is 11.8. The molecule has 1 aromatic carbocycles. The van der Waals surface area contributed by atoms with Crippen molar-refractivity contribution < 1.29 is 9.84 Å². The van der Waals surface area contributed by atoms with E-state index in [1.807, 2.05) is 0 Å².